The number of benzene rings is 2. The predicted molar refractivity (Wildman–Crippen MR) is 84.2 cm³/mol. The number of hydrogen-bond acceptors (Lipinski definition) is 3. The molecular weight excluding hydrogens is 267 g/mol. The third-order valence-corrected chi connectivity index (χ3v) is 3.46. The Morgan fingerprint density at radius 2 is 1.95 bits per heavy atom. The second-order valence-corrected chi connectivity index (χ2v) is 4.85. The molecule has 0 aliphatic heterocycles. The molecule has 2 aromatic rings. The molecule has 0 aliphatic rings. The lowest BCUT2D eigenvalue weighted by molar-refractivity contribution is 0.339. The smallest absolute Gasteiger partial charge is 0.125 e. The van der Waals surface area contributed by atoms with Crippen LogP contribution in [0.3, 0.4) is 0 Å². The largest absolute Gasteiger partial charge is 0.494 e. The standard InChI is InChI=1S/C17H21FN2O/c1-3-21-16-9-4-6-13(10-16)17(12-19)20(2)15-8-5-7-14(18)11-15/h4-11,17H,3,12,19H2,1-2H3. The van der Waals surface area contributed by atoms with Gasteiger partial charge in [0.2, 0.25) is 0 Å². The van der Waals surface area contributed by atoms with E-state index in [0.717, 1.165) is 17.0 Å². The zero-order chi connectivity index (χ0) is 15.2. The van der Waals surface area contributed by atoms with Crippen molar-refractivity contribution in [1.29, 1.82) is 0 Å². The van der Waals surface area contributed by atoms with Crippen molar-refractivity contribution in [3.63, 3.8) is 0 Å². The maximum atomic E-state index is 13.4. The van der Waals surface area contributed by atoms with E-state index < -0.39 is 0 Å². The first-order chi connectivity index (χ1) is 10.2. The van der Waals surface area contributed by atoms with Gasteiger partial charge in [-0.25, -0.2) is 4.39 Å². The molecule has 0 fully saturated rings. The maximum absolute atomic E-state index is 13.4. The van der Waals surface area contributed by atoms with Gasteiger partial charge >= 0.3 is 0 Å². The van der Waals surface area contributed by atoms with E-state index in [4.69, 9.17) is 10.5 Å². The molecule has 112 valence electrons. The van der Waals surface area contributed by atoms with Gasteiger partial charge in [-0.3, -0.25) is 0 Å². The Labute approximate surface area is 125 Å². The van der Waals surface area contributed by atoms with E-state index in [1.54, 1.807) is 6.07 Å². The predicted octanol–water partition coefficient (Wildman–Crippen LogP) is 3.36. The Bertz CT molecular complexity index is 589. The molecule has 1 atom stereocenters. The summed E-state index contributed by atoms with van der Waals surface area (Å²) in [6, 6.07) is 14.3. The van der Waals surface area contributed by atoms with Gasteiger partial charge in [0.25, 0.3) is 0 Å². The van der Waals surface area contributed by atoms with Crippen LogP contribution in [0.1, 0.15) is 18.5 Å². The van der Waals surface area contributed by atoms with Crippen LogP contribution in [0.5, 0.6) is 5.75 Å². The van der Waals surface area contributed by atoms with Crippen LogP contribution in [0.4, 0.5) is 10.1 Å². The van der Waals surface area contributed by atoms with E-state index in [0.29, 0.717) is 13.2 Å². The van der Waals surface area contributed by atoms with Crippen molar-refractivity contribution in [2.45, 2.75) is 13.0 Å². The topological polar surface area (TPSA) is 38.5 Å². The number of nitrogens with zero attached hydrogens (tertiary/aromatic N) is 1. The average Bonchev–Trinajstić information content (AvgIpc) is 2.49. The molecule has 0 heterocycles. The minimum atomic E-state index is -0.252. The molecule has 0 aliphatic carbocycles. The summed E-state index contributed by atoms with van der Waals surface area (Å²) in [5.74, 6) is 0.569. The third kappa shape index (κ3) is 3.73. The molecule has 0 aromatic heterocycles. The van der Waals surface area contributed by atoms with Gasteiger partial charge in [-0.05, 0) is 42.8 Å². The summed E-state index contributed by atoms with van der Waals surface area (Å²) < 4.78 is 18.9. The Morgan fingerprint density at radius 3 is 2.62 bits per heavy atom. The van der Waals surface area contributed by atoms with Gasteiger partial charge in [0.05, 0.1) is 12.6 Å². The molecular formula is C17H21FN2O. The molecule has 2 N–H and O–H groups in total. The van der Waals surface area contributed by atoms with Gasteiger partial charge in [-0.15, -0.1) is 0 Å². The fourth-order valence-electron chi connectivity index (χ4n) is 2.37. The Balaban J connectivity index is 2.28. The van der Waals surface area contributed by atoms with Crippen molar-refractivity contribution >= 4 is 5.69 Å². The Hall–Kier alpha value is -2.07. The molecule has 0 amide bonds. The van der Waals surface area contributed by atoms with Gasteiger partial charge < -0.3 is 15.4 Å². The van der Waals surface area contributed by atoms with E-state index in [2.05, 4.69) is 0 Å². The summed E-state index contributed by atoms with van der Waals surface area (Å²) >= 11 is 0. The van der Waals surface area contributed by atoms with Crippen molar-refractivity contribution in [1.82, 2.24) is 0 Å². The van der Waals surface area contributed by atoms with Gasteiger partial charge in [0, 0.05) is 19.3 Å². The van der Waals surface area contributed by atoms with Gasteiger partial charge in [0.1, 0.15) is 11.6 Å². The van der Waals surface area contributed by atoms with Crippen molar-refractivity contribution in [3.05, 3.63) is 59.9 Å². The van der Waals surface area contributed by atoms with E-state index in [-0.39, 0.29) is 11.9 Å². The van der Waals surface area contributed by atoms with Crippen LogP contribution in [0.25, 0.3) is 0 Å². The fourth-order valence-corrected chi connectivity index (χ4v) is 2.37. The molecule has 0 saturated heterocycles. The number of rotatable bonds is 6. The summed E-state index contributed by atoms with van der Waals surface area (Å²) in [4.78, 5) is 1.98. The lowest BCUT2D eigenvalue weighted by Gasteiger charge is -2.29. The summed E-state index contributed by atoms with van der Waals surface area (Å²) in [5, 5.41) is 0. The van der Waals surface area contributed by atoms with Gasteiger partial charge in [-0.2, -0.15) is 0 Å². The SMILES string of the molecule is CCOc1cccc(C(CN)N(C)c2cccc(F)c2)c1. The number of halogens is 1. The first kappa shape index (κ1) is 15.3. The lowest BCUT2D eigenvalue weighted by Crippen LogP contribution is -2.30. The van der Waals surface area contributed by atoms with Crippen molar-refractivity contribution < 1.29 is 9.13 Å². The van der Waals surface area contributed by atoms with Crippen LogP contribution < -0.4 is 15.4 Å². The minimum absolute atomic E-state index is 0.0350. The quantitative estimate of drug-likeness (QED) is 0.886. The van der Waals surface area contributed by atoms with Crippen LogP contribution >= 0.6 is 0 Å². The molecule has 2 aromatic carbocycles. The summed E-state index contributed by atoms with van der Waals surface area (Å²) in [7, 11) is 1.92. The van der Waals surface area contributed by atoms with Crippen LogP contribution in [0, 0.1) is 5.82 Å². The first-order valence-corrected chi connectivity index (χ1v) is 7.07. The van der Waals surface area contributed by atoms with E-state index in [9.17, 15) is 4.39 Å². The first-order valence-electron chi connectivity index (χ1n) is 7.07. The van der Waals surface area contributed by atoms with Gasteiger partial charge in [0.15, 0.2) is 0 Å². The second kappa shape index (κ2) is 7.09. The molecule has 2 rings (SSSR count). The highest BCUT2D eigenvalue weighted by molar-refractivity contribution is 5.49. The van der Waals surface area contributed by atoms with Crippen molar-refractivity contribution in [2.75, 3.05) is 25.1 Å². The summed E-state index contributed by atoms with van der Waals surface area (Å²) in [6.07, 6.45) is 0. The van der Waals surface area contributed by atoms with Crippen LogP contribution in [0.15, 0.2) is 48.5 Å². The van der Waals surface area contributed by atoms with Crippen molar-refractivity contribution in [3.8, 4) is 5.75 Å². The third-order valence-electron chi connectivity index (χ3n) is 3.46. The number of nitrogens with two attached hydrogens (primary N) is 1. The van der Waals surface area contributed by atoms with E-state index in [1.165, 1.54) is 12.1 Å². The monoisotopic (exact) mass is 288 g/mol. The zero-order valence-corrected chi connectivity index (χ0v) is 12.4. The molecule has 21 heavy (non-hydrogen) atoms. The highest BCUT2D eigenvalue weighted by Gasteiger charge is 2.17. The number of anilines is 1. The summed E-state index contributed by atoms with van der Waals surface area (Å²) in [5.41, 5.74) is 7.78. The van der Waals surface area contributed by atoms with Crippen LogP contribution in [-0.4, -0.2) is 20.2 Å². The maximum Gasteiger partial charge on any atom is 0.125 e. The Morgan fingerprint density at radius 1 is 1.19 bits per heavy atom. The molecule has 0 spiro atoms. The van der Waals surface area contributed by atoms with E-state index >= 15 is 0 Å². The minimum Gasteiger partial charge on any atom is -0.494 e. The number of ether oxygens (including phenoxy) is 1. The molecule has 0 saturated carbocycles. The van der Waals surface area contributed by atoms with Crippen LogP contribution in [0.2, 0.25) is 0 Å². The van der Waals surface area contributed by atoms with Crippen molar-refractivity contribution in [2.24, 2.45) is 5.73 Å². The Kier molecular flexibility index (Phi) is 5.17. The lowest BCUT2D eigenvalue weighted by atomic mass is 10.0. The van der Waals surface area contributed by atoms with Crippen LogP contribution in [-0.2, 0) is 0 Å². The molecule has 1 unspecified atom stereocenters. The molecule has 3 nitrogen and oxygen atoms in total. The normalized spacial score (nSPS) is 12.0. The van der Waals surface area contributed by atoms with Gasteiger partial charge in [-0.1, -0.05) is 18.2 Å². The average molecular weight is 288 g/mol. The second-order valence-electron chi connectivity index (χ2n) is 4.85. The molecule has 0 bridgehead atoms. The fraction of sp³-hybridized carbons (Fsp3) is 0.294. The molecule has 4 heteroatoms. The highest BCUT2D eigenvalue weighted by Crippen LogP contribution is 2.27. The highest BCUT2D eigenvalue weighted by atomic mass is 19.1. The number of hydrogen-bond donors (Lipinski definition) is 1. The summed E-state index contributed by atoms with van der Waals surface area (Å²) in [6.45, 7) is 3.00. The zero-order valence-electron chi connectivity index (χ0n) is 12.4. The van der Waals surface area contributed by atoms with E-state index in [1.807, 2.05) is 49.2 Å². The number of likely N-dealkylation sites (N-methyl/N-ethyl adjacent to an activating group) is 1. The molecule has 0 radical (unpaired) electrons.